The molecule has 0 saturated carbocycles. The second-order valence-electron chi connectivity index (χ2n) is 5.44. The van der Waals surface area contributed by atoms with Crippen molar-refractivity contribution in [2.45, 2.75) is 0 Å². The number of esters is 1. The number of carbonyl (C=O) groups is 1. The number of ether oxygens (including phenoxy) is 1. The van der Waals surface area contributed by atoms with Crippen LogP contribution in [0, 0.1) is 34.6 Å². The van der Waals surface area contributed by atoms with E-state index in [1.807, 2.05) is 0 Å². The van der Waals surface area contributed by atoms with Gasteiger partial charge in [0.05, 0.1) is 0 Å². The first kappa shape index (κ1) is 18.1. The summed E-state index contributed by atoms with van der Waals surface area (Å²) in [4.78, 5) is 12.1. The van der Waals surface area contributed by atoms with Crippen LogP contribution in [0.25, 0.3) is 11.1 Å². The van der Waals surface area contributed by atoms with Gasteiger partial charge in [-0.15, -0.1) is 0 Å². The highest BCUT2D eigenvalue weighted by Crippen LogP contribution is 2.26. The molecule has 0 aliphatic carbocycles. The molecule has 0 aromatic heterocycles. The van der Waals surface area contributed by atoms with Gasteiger partial charge in [0.1, 0.15) is 46.2 Å². The number of rotatable bonds is 3. The molecule has 7 heteroatoms. The number of nitriles is 1. The van der Waals surface area contributed by atoms with Crippen molar-refractivity contribution in [1.29, 1.82) is 5.26 Å². The van der Waals surface area contributed by atoms with E-state index in [1.54, 1.807) is 30.3 Å². The lowest BCUT2D eigenvalue weighted by atomic mass is 10.0. The molecular formula is C20H9F4NO2. The van der Waals surface area contributed by atoms with E-state index in [-0.39, 0.29) is 5.56 Å². The van der Waals surface area contributed by atoms with Crippen LogP contribution in [0.2, 0.25) is 0 Å². The van der Waals surface area contributed by atoms with Crippen molar-refractivity contribution in [2.24, 2.45) is 0 Å². The fraction of sp³-hybridized carbons (Fsp3) is 0. The number of benzene rings is 3. The summed E-state index contributed by atoms with van der Waals surface area (Å²) in [6.07, 6.45) is 0. The van der Waals surface area contributed by atoms with E-state index in [0.717, 1.165) is 12.1 Å². The van der Waals surface area contributed by atoms with Crippen molar-refractivity contribution in [3.8, 4) is 22.9 Å². The molecule has 3 rings (SSSR count). The van der Waals surface area contributed by atoms with Gasteiger partial charge < -0.3 is 4.74 Å². The molecule has 0 unspecified atom stereocenters. The Hall–Kier alpha value is -3.66. The molecule has 0 aliphatic rings. The third kappa shape index (κ3) is 3.65. The van der Waals surface area contributed by atoms with Crippen molar-refractivity contribution in [2.75, 3.05) is 0 Å². The first-order valence-corrected chi connectivity index (χ1v) is 7.56. The number of nitrogens with zero attached hydrogens (tertiary/aromatic N) is 1. The molecule has 0 spiro atoms. The van der Waals surface area contributed by atoms with E-state index in [1.165, 1.54) is 6.07 Å². The largest absolute Gasteiger partial charge is 0.423 e. The summed E-state index contributed by atoms with van der Waals surface area (Å²) in [6.45, 7) is 0. The van der Waals surface area contributed by atoms with E-state index >= 15 is 0 Å². The lowest BCUT2D eigenvalue weighted by molar-refractivity contribution is 0.0724. The van der Waals surface area contributed by atoms with Gasteiger partial charge in [0.15, 0.2) is 0 Å². The SMILES string of the molecule is N#Cc1c(F)cc(OC(=O)c2c(F)cc(-c3ccccc3)cc2F)cc1F. The van der Waals surface area contributed by atoms with Crippen molar-refractivity contribution < 1.29 is 27.1 Å². The molecule has 0 atom stereocenters. The van der Waals surface area contributed by atoms with Gasteiger partial charge in [-0.25, -0.2) is 22.4 Å². The molecule has 134 valence electrons. The third-order valence-electron chi connectivity index (χ3n) is 3.69. The lowest BCUT2D eigenvalue weighted by Gasteiger charge is -2.09. The highest BCUT2D eigenvalue weighted by atomic mass is 19.1. The smallest absolute Gasteiger partial charge is 0.349 e. The Morgan fingerprint density at radius 3 is 1.89 bits per heavy atom. The molecule has 0 radical (unpaired) electrons. The molecule has 3 aromatic rings. The molecule has 3 nitrogen and oxygen atoms in total. The van der Waals surface area contributed by atoms with Gasteiger partial charge in [0.25, 0.3) is 0 Å². The van der Waals surface area contributed by atoms with Gasteiger partial charge in [0, 0.05) is 12.1 Å². The monoisotopic (exact) mass is 371 g/mol. The van der Waals surface area contributed by atoms with Crippen LogP contribution < -0.4 is 4.74 Å². The molecule has 0 bridgehead atoms. The van der Waals surface area contributed by atoms with Crippen LogP contribution in [0.1, 0.15) is 15.9 Å². The summed E-state index contributed by atoms with van der Waals surface area (Å²) >= 11 is 0. The van der Waals surface area contributed by atoms with Crippen molar-refractivity contribution in [3.63, 3.8) is 0 Å². The van der Waals surface area contributed by atoms with Crippen LogP contribution in [-0.4, -0.2) is 5.97 Å². The molecule has 3 aromatic carbocycles. The Kier molecular flexibility index (Phi) is 4.90. The zero-order valence-electron chi connectivity index (χ0n) is 13.5. The summed E-state index contributed by atoms with van der Waals surface area (Å²) in [7, 11) is 0. The first-order valence-electron chi connectivity index (χ1n) is 7.56. The predicted octanol–water partition coefficient (Wildman–Crippen LogP) is 5.00. The molecule has 0 amide bonds. The maximum atomic E-state index is 14.3. The van der Waals surface area contributed by atoms with Gasteiger partial charge in [-0.3, -0.25) is 0 Å². The molecule has 0 fully saturated rings. The number of carbonyl (C=O) groups excluding carboxylic acids is 1. The van der Waals surface area contributed by atoms with Crippen LogP contribution in [0.4, 0.5) is 17.6 Å². The van der Waals surface area contributed by atoms with Crippen LogP contribution >= 0.6 is 0 Å². The van der Waals surface area contributed by atoms with Crippen LogP contribution in [0.5, 0.6) is 5.75 Å². The van der Waals surface area contributed by atoms with Gasteiger partial charge in [-0.05, 0) is 23.3 Å². The topological polar surface area (TPSA) is 50.1 Å². The minimum Gasteiger partial charge on any atom is -0.423 e. The molecule has 0 heterocycles. The second kappa shape index (κ2) is 7.30. The molecule has 0 saturated heterocycles. The van der Waals surface area contributed by atoms with Crippen molar-refractivity contribution in [3.05, 3.63) is 89.0 Å². The number of hydrogen-bond donors (Lipinski definition) is 0. The lowest BCUT2D eigenvalue weighted by Crippen LogP contribution is -2.14. The Labute approximate surface area is 151 Å². The van der Waals surface area contributed by atoms with E-state index < -0.39 is 46.1 Å². The highest BCUT2D eigenvalue weighted by molar-refractivity contribution is 5.92. The second-order valence-corrected chi connectivity index (χ2v) is 5.44. The molecule has 0 aliphatic heterocycles. The fourth-order valence-corrected chi connectivity index (χ4v) is 2.44. The fourth-order valence-electron chi connectivity index (χ4n) is 2.44. The summed E-state index contributed by atoms with van der Waals surface area (Å²) < 4.78 is 60.4. The Morgan fingerprint density at radius 1 is 0.815 bits per heavy atom. The summed E-state index contributed by atoms with van der Waals surface area (Å²) in [6, 6.07) is 12.7. The van der Waals surface area contributed by atoms with Crippen LogP contribution in [-0.2, 0) is 0 Å². The van der Waals surface area contributed by atoms with Gasteiger partial charge in [-0.1, -0.05) is 30.3 Å². The maximum absolute atomic E-state index is 14.3. The maximum Gasteiger partial charge on any atom is 0.349 e. The zero-order valence-corrected chi connectivity index (χ0v) is 13.5. The summed E-state index contributed by atoms with van der Waals surface area (Å²) in [5.74, 6) is -6.99. The van der Waals surface area contributed by atoms with Crippen LogP contribution in [0.15, 0.2) is 54.6 Å². The Bertz CT molecular complexity index is 1030. The summed E-state index contributed by atoms with van der Waals surface area (Å²) in [5, 5.41) is 8.61. The van der Waals surface area contributed by atoms with Crippen LogP contribution in [0.3, 0.4) is 0 Å². The van der Waals surface area contributed by atoms with Crippen molar-refractivity contribution in [1.82, 2.24) is 0 Å². The number of halogens is 4. The minimum absolute atomic E-state index is 0.206. The van der Waals surface area contributed by atoms with E-state index in [2.05, 4.69) is 4.74 Å². The minimum atomic E-state index is -1.46. The molecular weight excluding hydrogens is 362 g/mol. The zero-order chi connectivity index (χ0) is 19.6. The molecule has 0 N–H and O–H groups in total. The average molecular weight is 371 g/mol. The third-order valence-corrected chi connectivity index (χ3v) is 3.69. The van der Waals surface area contributed by atoms with Gasteiger partial charge in [0.2, 0.25) is 0 Å². The van der Waals surface area contributed by atoms with Gasteiger partial charge in [-0.2, -0.15) is 5.26 Å². The van der Waals surface area contributed by atoms with E-state index in [0.29, 0.717) is 17.7 Å². The average Bonchev–Trinajstić information content (AvgIpc) is 2.61. The number of hydrogen-bond acceptors (Lipinski definition) is 3. The molecule has 27 heavy (non-hydrogen) atoms. The Balaban J connectivity index is 1.93. The quantitative estimate of drug-likeness (QED) is 0.370. The standard InChI is InChI=1S/C20H9F4NO2/c21-15-8-13(9-16(22)14(15)10-25)27-20(26)19-17(23)6-12(7-18(19)24)11-4-2-1-3-5-11/h1-9H. The Morgan fingerprint density at radius 2 is 1.37 bits per heavy atom. The predicted molar refractivity (Wildman–Crippen MR) is 87.8 cm³/mol. The van der Waals surface area contributed by atoms with E-state index in [9.17, 15) is 22.4 Å². The normalized spacial score (nSPS) is 10.3. The highest BCUT2D eigenvalue weighted by Gasteiger charge is 2.22. The van der Waals surface area contributed by atoms with Crippen molar-refractivity contribution >= 4 is 5.97 Å². The first-order chi connectivity index (χ1) is 12.9. The van der Waals surface area contributed by atoms with E-state index in [4.69, 9.17) is 5.26 Å². The van der Waals surface area contributed by atoms with Gasteiger partial charge >= 0.3 is 5.97 Å². The summed E-state index contributed by atoms with van der Waals surface area (Å²) in [5.41, 5.74) is -1.12.